The minimum absolute atomic E-state index is 0.0738. The Morgan fingerprint density at radius 1 is 1.58 bits per heavy atom. The lowest BCUT2D eigenvalue weighted by molar-refractivity contribution is 0.458. The highest BCUT2D eigenvalue weighted by Gasteiger charge is 2.34. The molecular weight excluding hydrogens is 359 g/mol. The number of rotatable bonds is 2. The number of sulfonamides is 1. The minimum Gasteiger partial charge on any atom is -0.395 e. The van der Waals surface area contributed by atoms with Gasteiger partial charge in [-0.15, -0.1) is 0 Å². The van der Waals surface area contributed by atoms with Crippen molar-refractivity contribution in [2.45, 2.75) is 18.2 Å². The zero-order valence-electron chi connectivity index (χ0n) is 10.2. The Morgan fingerprint density at radius 2 is 2.21 bits per heavy atom. The van der Waals surface area contributed by atoms with E-state index in [1.807, 2.05) is 6.92 Å². The van der Waals surface area contributed by atoms with Crippen molar-refractivity contribution in [2.75, 3.05) is 18.8 Å². The van der Waals surface area contributed by atoms with Crippen LogP contribution in [-0.4, -0.2) is 25.8 Å². The molecule has 1 atom stereocenters. The van der Waals surface area contributed by atoms with Crippen molar-refractivity contribution in [3.8, 4) is 0 Å². The summed E-state index contributed by atoms with van der Waals surface area (Å²) in [5.74, 6) is -0.697. The molecule has 0 amide bonds. The van der Waals surface area contributed by atoms with Gasteiger partial charge < -0.3 is 5.73 Å². The topological polar surface area (TPSA) is 63.4 Å². The molecule has 1 aromatic carbocycles. The van der Waals surface area contributed by atoms with Crippen LogP contribution in [0.1, 0.15) is 13.3 Å². The molecule has 2 N–H and O–H groups in total. The quantitative estimate of drug-likeness (QED) is 0.642. The molecule has 19 heavy (non-hydrogen) atoms. The highest BCUT2D eigenvalue weighted by Crippen LogP contribution is 2.36. The van der Waals surface area contributed by atoms with Gasteiger partial charge in [0.15, 0.2) is 5.82 Å². The maximum Gasteiger partial charge on any atom is 0.246 e. The largest absolute Gasteiger partial charge is 0.395 e. The number of nitrogen functional groups attached to an aromatic ring is 1. The van der Waals surface area contributed by atoms with Crippen molar-refractivity contribution in [2.24, 2.45) is 5.92 Å². The summed E-state index contributed by atoms with van der Waals surface area (Å²) >= 11 is 8.87. The van der Waals surface area contributed by atoms with E-state index in [0.29, 0.717) is 13.1 Å². The molecule has 1 fully saturated rings. The SMILES string of the molecule is CC1CCN(S(=O)(=O)c2cc(Cl)c(Br)c(N)c2F)C1. The smallest absolute Gasteiger partial charge is 0.246 e. The van der Waals surface area contributed by atoms with E-state index in [0.717, 1.165) is 12.5 Å². The number of anilines is 1. The van der Waals surface area contributed by atoms with Crippen LogP contribution in [0.25, 0.3) is 0 Å². The maximum absolute atomic E-state index is 14.1. The average molecular weight is 372 g/mol. The Balaban J connectivity index is 2.53. The van der Waals surface area contributed by atoms with E-state index < -0.39 is 20.7 Å². The molecule has 8 heteroatoms. The summed E-state index contributed by atoms with van der Waals surface area (Å²) in [6.45, 7) is 2.72. The van der Waals surface area contributed by atoms with Gasteiger partial charge in [-0.3, -0.25) is 0 Å². The molecule has 0 bridgehead atoms. The Hall–Kier alpha value is -0.370. The first-order valence-electron chi connectivity index (χ1n) is 5.68. The number of hydrogen-bond donors (Lipinski definition) is 1. The number of halogens is 3. The van der Waals surface area contributed by atoms with Crippen molar-refractivity contribution in [1.29, 1.82) is 0 Å². The number of hydrogen-bond acceptors (Lipinski definition) is 3. The van der Waals surface area contributed by atoms with Gasteiger partial charge in [0.05, 0.1) is 15.2 Å². The molecule has 1 unspecified atom stereocenters. The van der Waals surface area contributed by atoms with Gasteiger partial charge in [-0.2, -0.15) is 4.31 Å². The van der Waals surface area contributed by atoms with E-state index in [1.54, 1.807) is 0 Å². The van der Waals surface area contributed by atoms with Gasteiger partial charge in [-0.25, -0.2) is 12.8 Å². The Bertz CT molecular complexity index is 624. The van der Waals surface area contributed by atoms with Gasteiger partial charge in [0.25, 0.3) is 0 Å². The zero-order chi connectivity index (χ0) is 14.4. The molecule has 0 aliphatic carbocycles. The van der Waals surface area contributed by atoms with Crippen LogP contribution >= 0.6 is 27.5 Å². The first-order chi connectivity index (χ1) is 8.75. The zero-order valence-corrected chi connectivity index (χ0v) is 13.3. The van der Waals surface area contributed by atoms with Crippen LogP contribution in [-0.2, 0) is 10.0 Å². The lowest BCUT2D eigenvalue weighted by Gasteiger charge is -2.18. The first kappa shape index (κ1) is 15.0. The van der Waals surface area contributed by atoms with Crippen molar-refractivity contribution in [3.63, 3.8) is 0 Å². The van der Waals surface area contributed by atoms with Crippen molar-refractivity contribution in [3.05, 3.63) is 21.4 Å². The Labute approximate surface area is 124 Å². The van der Waals surface area contributed by atoms with E-state index in [2.05, 4.69) is 15.9 Å². The summed E-state index contributed by atoms with van der Waals surface area (Å²) in [7, 11) is -3.89. The third kappa shape index (κ3) is 2.61. The molecule has 2 rings (SSSR count). The Morgan fingerprint density at radius 3 is 2.74 bits per heavy atom. The summed E-state index contributed by atoms with van der Waals surface area (Å²) in [5, 5.41) is 0.0738. The highest BCUT2D eigenvalue weighted by atomic mass is 79.9. The summed E-state index contributed by atoms with van der Waals surface area (Å²) in [4.78, 5) is -0.465. The molecule has 0 spiro atoms. The summed E-state index contributed by atoms with van der Waals surface area (Å²) in [6, 6.07) is 1.09. The molecule has 1 aromatic rings. The molecule has 1 aliphatic rings. The average Bonchev–Trinajstić information content (AvgIpc) is 2.78. The lowest BCUT2D eigenvalue weighted by atomic mass is 10.2. The summed E-state index contributed by atoms with van der Waals surface area (Å²) in [5.41, 5.74) is 5.22. The fraction of sp³-hybridized carbons (Fsp3) is 0.455. The lowest BCUT2D eigenvalue weighted by Crippen LogP contribution is -2.29. The molecule has 0 saturated carbocycles. The van der Waals surface area contributed by atoms with Crippen molar-refractivity contribution < 1.29 is 12.8 Å². The third-order valence-electron chi connectivity index (χ3n) is 3.16. The van der Waals surface area contributed by atoms with Gasteiger partial charge in [0.1, 0.15) is 4.90 Å². The van der Waals surface area contributed by atoms with Crippen LogP contribution < -0.4 is 5.73 Å². The van der Waals surface area contributed by atoms with Crippen molar-refractivity contribution in [1.82, 2.24) is 4.31 Å². The van der Waals surface area contributed by atoms with Crippen molar-refractivity contribution >= 4 is 43.2 Å². The predicted octanol–water partition coefficient (Wildman–Crippen LogP) is 2.85. The van der Waals surface area contributed by atoms with E-state index in [-0.39, 0.29) is 21.1 Å². The van der Waals surface area contributed by atoms with Crippen LogP contribution in [0.3, 0.4) is 0 Å². The van der Waals surface area contributed by atoms with Crippen LogP contribution in [0.4, 0.5) is 10.1 Å². The fourth-order valence-electron chi connectivity index (χ4n) is 2.04. The van der Waals surface area contributed by atoms with Gasteiger partial charge in [0.2, 0.25) is 10.0 Å². The molecule has 106 valence electrons. The van der Waals surface area contributed by atoms with Crippen LogP contribution in [0.2, 0.25) is 5.02 Å². The van der Waals surface area contributed by atoms with E-state index >= 15 is 0 Å². The molecule has 0 aromatic heterocycles. The molecule has 0 radical (unpaired) electrons. The first-order valence-corrected chi connectivity index (χ1v) is 8.29. The van der Waals surface area contributed by atoms with Gasteiger partial charge in [-0.1, -0.05) is 18.5 Å². The van der Waals surface area contributed by atoms with E-state index in [1.165, 1.54) is 4.31 Å². The molecule has 1 aliphatic heterocycles. The monoisotopic (exact) mass is 370 g/mol. The fourth-order valence-corrected chi connectivity index (χ4v) is 4.28. The minimum atomic E-state index is -3.89. The second kappa shape index (κ2) is 5.20. The Kier molecular flexibility index (Phi) is 4.11. The number of nitrogens with two attached hydrogens (primary N) is 1. The van der Waals surface area contributed by atoms with E-state index in [4.69, 9.17) is 17.3 Å². The molecule has 1 heterocycles. The van der Waals surface area contributed by atoms with Gasteiger partial charge in [0, 0.05) is 13.1 Å². The van der Waals surface area contributed by atoms with Crippen LogP contribution in [0.15, 0.2) is 15.4 Å². The van der Waals surface area contributed by atoms with E-state index in [9.17, 15) is 12.8 Å². The van der Waals surface area contributed by atoms with Crippen LogP contribution in [0.5, 0.6) is 0 Å². The normalized spacial score (nSPS) is 20.9. The molecule has 1 saturated heterocycles. The predicted molar refractivity (Wildman–Crippen MR) is 76.1 cm³/mol. The molecular formula is C11H13BrClFN2O2S. The summed E-state index contributed by atoms with van der Waals surface area (Å²) < 4.78 is 40.2. The third-order valence-corrected chi connectivity index (χ3v) is 6.41. The number of benzene rings is 1. The molecule has 4 nitrogen and oxygen atoms in total. The summed E-state index contributed by atoms with van der Waals surface area (Å²) in [6.07, 6.45) is 0.764. The second-order valence-corrected chi connectivity index (χ2v) is 7.76. The van der Waals surface area contributed by atoms with Gasteiger partial charge >= 0.3 is 0 Å². The maximum atomic E-state index is 14.1. The van der Waals surface area contributed by atoms with Crippen LogP contribution in [0, 0.1) is 11.7 Å². The standard InChI is InChI=1S/C11H13BrClFN2O2S/c1-6-2-3-16(5-6)19(17,18)8-4-7(13)9(12)11(15)10(8)14/h4,6H,2-3,5,15H2,1H3. The second-order valence-electron chi connectivity index (χ2n) is 4.66. The highest BCUT2D eigenvalue weighted by molar-refractivity contribution is 9.10. The van der Waals surface area contributed by atoms with Gasteiger partial charge in [-0.05, 0) is 34.3 Å². The number of nitrogens with zero attached hydrogens (tertiary/aromatic N) is 1.